The van der Waals surface area contributed by atoms with Crippen LogP contribution in [0.1, 0.15) is 11.3 Å². The van der Waals surface area contributed by atoms with E-state index in [9.17, 15) is 13.2 Å². The first kappa shape index (κ1) is 17.9. The van der Waals surface area contributed by atoms with Gasteiger partial charge < -0.3 is 10.6 Å². The maximum Gasteiger partial charge on any atom is 0.319 e. The third-order valence-electron chi connectivity index (χ3n) is 3.43. The number of hydrogen-bond acceptors (Lipinski definition) is 4. The van der Waals surface area contributed by atoms with E-state index in [1.807, 2.05) is 18.2 Å². The zero-order valence-corrected chi connectivity index (χ0v) is 14.4. The van der Waals surface area contributed by atoms with Gasteiger partial charge in [0.2, 0.25) is 10.0 Å². The predicted molar refractivity (Wildman–Crippen MR) is 92.4 cm³/mol. The second kappa shape index (κ2) is 7.89. The first-order valence-corrected chi connectivity index (χ1v) is 8.89. The van der Waals surface area contributed by atoms with Gasteiger partial charge in [0.25, 0.3) is 0 Å². The highest BCUT2D eigenvalue weighted by Gasteiger charge is 2.14. The lowest BCUT2D eigenvalue weighted by molar-refractivity contribution is 0.252. The van der Waals surface area contributed by atoms with E-state index in [1.165, 1.54) is 19.2 Å². The van der Waals surface area contributed by atoms with Gasteiger partial charge in [0.05, 0.1) is 4.90 Å². The Morgan fingerprint density at radius 3 is 2.67 bits per heavy atom. The van der Waals surface area contributed by atoms with Crippen LogP contribution in [0.25, 0.3) is 0 Å². The number of anilines is 1. The molecule has 0 fully saturated rings. The van der Waals surface area contributed by atoms with Crippen molar-refractivity contribution in [3.63, 3.8) is 0 Å². The third kappa shape index (κ3) is 4.77. The maximum atomic E-state index is 12.0. The molecule has 8 heteroatoms. The van der Waals surface area contributed by atoms with Gasteiger partial charge in [-0.3, -0.25) is 4.98 Å². The lowest BCUT2D eigenvalue weighted by Gasteiger charge is -2.11. The molecule has 1 heterocycles. The Morgan fingerprint density at radius 2 is 2.00 bits per heavy atom. The van der Waals surface area contributed by atoms with Crippen molar-refractivity contribution in [3.8, 4) is 0 Å². The number of aryl methyl sites for hydroxylation is 1. The van der Waals surface area contributed by atoms with Crippen LogP contribution >= 0.6 is 0 Å². The normalized spacial score (nSPS) is 11.1. The monoisotopic (exact) mass is 348 g/mol. The molecule has 0 spiro atoms. The first-order chi connectivity index (χ1) is 11.4. The molecule has 0 aliphatic carbocycles. The quantitative estimate of drug-likeness (QED) is 0.739. The van der Waals surface area contributed by atoms with Gasteiger partial charge >= 0.3 is 6.03 Å². The second-order valence-electron chi connectivity index (χ2n) is 5.14. The number of nitrogens with one attached hydrogen (secondary N) is 3. The highest BCUT2D eigenvalue weighted by molar-refractivity contribution is 7.89. The Labute approximate surface area is 141 Å². The van der Waals surface area contributed by atoms with Crippen LogP contribution in [-0.2, 0) is 16.4 Å². The lowest BCUT2D eigenvalue weighted by Crippen LogP contribution is -2.31. The summed E-state index contributed by atoms with van der Waals surface area (Å²) in [6.07, 6.45) is 2.31. The van der Waals surface area contributed by atoms with E-state index in [0.717, 1.165) is 11.3 Å². The molecular weight excluding hydrogens is 328 g/mol. The van der Waals surface area contributed by atoms with Crippen molar-refractivity contribution in [1.82, 2.24) is 15.0 Å². The van der Waals surface area contributed by atoms with Gasteiger partial charge in [0.1, 0.15) is 0 Å². The number of sulfonamides is 1. The largest absolute Gasteiger partial charge is 0.337 e. The molecule has 3 N–H and O–H groups in total. The van der Waals surface area contributed by atoms with Gasteiger partial charge in [-0.15, -0.1) is 0 Å². The summed E-state index contributed by atoms with van der Waals surface area (Å²) in [5, 5.41) is 5.39. The molecular formula is C16H20N4O3S. The van der Waals surface area contributed by atoms with Crippen molar-refractivity contribution >= 4 is 21.7 Å². The summed E-state index contributed by atoms with van der Waals surface area (Å²) in [6.45, 7) is 2.22. The molecule has 2 rings (SSSR count). The van der Waals surface area contributed by atoms with Crippen molar-refractivity contribution in [2.75, 3.05) is 18.9 Å². The number of amides is 2. The Hall–Kier alpha value is -2.45. The van der Waals surface area contributed by atoms with Gasteiger partial charge in [0.15, 0.2) is 0 Å². The van der Waals surface area contributed by atoms with E-state index in [1.54, 1.807) is 19.2 Å². The van der Waals surface area contributed by atoms with E-state index in [4.69, 9.17) is 0 Å². The fraction of sp³-hybridized carbons (Fsp3) is 0.250. The van der Waals surface area contributed by atoms with E-state index in [2.05, 4.69) is 20.3 Å². The summed E-state index contributed by atoms with van der Waals surface area (Å²) >= 11 is 0. The average Bonchev–Trinajstić information content (AvgIpc) is 2.57. The molecule has 0 aliphatic heterocycles. The van der Waals surface area contributed by atoms with Crippen molar-refractivity contribution in [3.05, 3.63) is 53.9 Å². The molecule has 2 amide bonds. The standard InChI is InChI=1S/C16H20N4O3S/c1-12-6-7-14(24(22,23)17-2)11-15(12)20-16(21)19-10-8-13-5-3-4-9-18-13/h3-7,9,11,17H,8,10H2,1-2H3,(H2,19,20,21). The first-order valence-electron chi connectivity index (χ1n) is 7.41. The second-order valence-corrected chi connectivity index (χ2v) is 7.02. The Balaban J connectivity index is 1.97. The smallest absolute Gasteiger partial charge is 0.319 e. The minimum Gasteiger partial charge on any atom is -0.337 e. The van der Waals surface area contributed by atoms with Crippen LogP contribution in [0.2, 0.25) is 0 Å². The number of rotatable bonds is 6. The third-order valence-corrected chi connectivity index (χ3v) is 4.84. The topological polar surface area (TPSA) is 100 Å². The molecule has 2 aromatic rings. The van der Waals surface area contributed by atoms with Crippen LogP contribution in [0.5, 0.6) is 0 Å². The highest BCUT2D eigenvalue weighted by atomic mass is 32.2. The number of pyridine rings is 1. The maximum absolute atomic E-state index is 12.0. The predicted octanol–water partition coefficient (Wildman–Crippen LogP) is 1.66. The number of aromatic nitrogens is 1. The van der Waals surface area contributed by atoms with Crippen LogP contribution in [0.4, 0.5) is 10.5 Å². The molecule has 7 nitrogen and oxygen atoms in total. The zero-order valence-electron chi connectivity index (χ0n) is 13.5. The van der Waals surface area contributed by atoms with Gasteiger partial charge in [-0.2, -0.15) is 0 Å². The zero-order chi connectivity index (χ0) is 17.6. The number of urea groups is 1. The van der Waals surface area contributed by atoms with E-state index in [-0.39, 0.29) is 4.90 Å². The molecule has 0 radical (unpaired) electrons. The molecule has 0 saturated carbocycles. The van der Waals surface area contributed by atoms with Crippen molar-refractivity contribution < 1.29 is 13.2 Å². The Kier molecular flexibility index (Phi) is 5.88. The molecule has 0 aliphatic rings. The van der Waals surface area contributed by atoms with Gasteiger partial charge in [-0.05, 0) is 43.8 Å². The van der Waals surface area contributed by atoms with E-state index >= 15 is 0 Å². The molecule has 0 atom stereocenters. The summed E-state index contributed by atoms with van der Waals surface area (Å²) in [6, 6.07) is 9.78. The summed E-state index contributed by atoms with van der Waals surface area (Å²) in [7, 11) is -2.22. The Bertz CT molecular complexity index is 807. The van der Waals surface area contributed by atoms with Crippen LogP contribution in [0.15, 0.2) is 47.5 Å². The van der Waals surface area contributed by atoms with Crippen LogP contribution in [0.3, 0.4) is 0 Å². The van der Waals surface area contributed by atoms with Gasteiger partial charge in [-0.25, -0.2) is 17.9 Å². The van der Waals surface area contributed by atoms with Crippen LogP contribution in [0, 0.1) is 6.92 Å². The van der Waals surface area contributed by atoms with Crippen LogP contribution in [-0.4, -0.2) is 33.0 Å². The average molecular weight is 348 g/mol. The lowest BCUT2D eigenvalue weighted by atomic mass is 10.2. The van der Waals surface area contributed by atoms with E-state index in [0.29, 0.717) is 18.7 Å². The van der Waals surface area contributed by atoms with Gasteiger partial charge in [-0.1, -0.05) is 12.1 Å². The molecule has 1 aromatic carbocycles. The summed E-state index contributed by atoms with van der Waals surface area (Å²) in [4.78, 5) is 16.3. The van der Waals surface area contributed by atoms with E-state index < -0.39 is 16.1 Å². The molecule has 24 heavy (non-hydrogen) atoms. The highest BCUT2D eigenvalue weighted by Crippen LogP contribution is 2.19. The molecule has 1 aromatic heterocycles. The summed E-state index contributed by atoms with van der Waals surface area (Å²) < 4.78 is 25.9. The van der Waals surface area contributed by atoms with Crippen molar-refractivity contribution in [2.45, 2.75) is 18.2 Å². The van der Waals surface area contributed by atoms with Crippen LogP contribution < -0.4 is 15.4 Å². The molecule has 0 saturated heterocycles. The minimum absolute atomic E-state index is 0.0967. The van der Waals surface area contributed by atoms with Crippen molar-refractivity contribution in [2.24, 2.45) is 0 Å². The SMILES string of the molecule is CNS(=O)(=O)c1ccc(C)c(NC(=O)NCCc2ccccn2)c1. The summed E-state index contributed by atoms with van der Waals surface area (Å²) in [5.74, 6) is 0. The molecule has 0 unspecified atom stereocenters. The fourth-order valence-electron chi connectivity index (χ4n) is 2.04. The van der Waals surface area contributed by atoms with Gasteiger partial charge in [0, 0.05) is 30.5 Å². The molecule has 0 bridgehead atoms. The number of nitrogens with zero attached hydrogens (tertiary/aromatic N) is 1. The number of carbonyl (C=O) groups is 1. The number of carbonyl (C=O) groups excluding carboxylic acids is 1. The summed E-state index contributed by atoms with van der Waals surface area (Å²) in [5.41, 5.74) is 2.10. The van der Waals surface area contributed by atoms with Crippen molar-refractivity contribution in [1.29, 1.82) is 0 Å². The molecule has 128 valence electrons. The fourth-order valence-corrected chi connectivity index (χ4v) is 2.79. The number of benzene rings is 1. The minimum atomic E-state index is -3.56. The number of hydrogen-bond donors (Lipinski definition) is 3. The Morgan fingerprint density at radius 1 is 1.21 bits per heavy atom.